The van der Waals surface area contributed by atoms with Crippen LogP contribution in [0.15, 0.2) is 23.1 Å². The van der Waals surface area contributed by atoms with Crippen LogP contribution in [0.1, 0.15) is 35.3 Å². The van der Waals surface area contributed by atoms with Gasteiger partial charge in [-0.1, -0.05) is 0 Å². The van der Waals surface area contributed by atoms with Crippen LogP contribution in [0.3, 0.4) is 0 Å². The summed E-state index contributed by atoms with van der Waals surface area (Å²) in [6.07, 6.45) is -3.97. The minimum atomic E-state index is -4.56. The van der Waals surface area contributed by atoms with E-state index in [-0.39, 0.29) is 30.4 Å². The summed E-state index contributed by atoms with van der Waals surface area (Å²) in [7, 11) is 0. The van der Waals surface area contributed by atoms with Gasteiger partial charge in [-0.25, -0.2) is 9.18 Å². The average Bonchev–Trinajstić information content (AvgIpc) is 2.49. The van der Waals surface area contributed by atoms with E-state index in [0.29, 0.717) is 5.56 Å². The molecule has 0 amide bonds. The number of hydrogen-bond acceptors (Lipinski definition) is 3. The van der Waals surface area contributed by atoms with E-state index in [4.69, 9.17) is 4.74 Å². The van der Waals surface area contributed by atoms with Crippen LogP contribution in [-0.2, 0) is 11.2 Å². The molecule has 24 heavy (non-hydrogen) atoms. The second-order valence-electron chi connectivity index (χ2n) is 5.56. The van der Waals surface area contributed by atoms with Crippen molar-refractivity contribution in [3.8, 4) is 0 Å². The molecular formula is C16H13F4NO3. The molecule has 0 spiro atoms. The number of nitrogens with zero attached hydrogens (tertiary/aromatic N) is 1. The Kier molecular flexibility index (Phi) is 3.85. The molecule has 2 aromatic rings. The molecule has 8 heteroatoms. The van der Waals surface area contributed by atoms with Crippen molar-refractivity contribution in [1.29, 1.82) is 0 Å². The first-order valence-corrected chi connectivity index (χ1v) is 7.35. The number of pyridine rings is 1. The molecule has 3 rings (SSSR count). The highest BCUT2D eigenvalue weighted by atomic mass is 19.4. The van der Waals surface area contributed by atoms with Crippen LogP contribution in [0.2, 0.25) is 0 Å². The Morgan fingerprint density at radius 1 is 1.38 bits per heavy atom. The van der Waals surface area contributed by atoms with E-state index < -0.39 is 35.0 Å². The number of carbonyl (C=O) groups is 1. The first kappa shape index (κ1) is 16.5. The summed E-state index contributed by atoms with van der Waals surface area (Å²) in [6.45, 7) is 1.48. The van der Waals surface area contributed by atoms with E-state index >= 15 is 0 Å². The van der Waals surface area contributed by atoms with Gasteiger partial charge in [-0.2, -0.15) is 13.2 Å². The summed E-state index contributed by atoms with van der Waals surface area (Å²) < 4.78 is 59.3. The summed E-state index contributed by atoms with van der Waals surface area (Å²) in [6, 6.07) is 0.0976. The average molecular weight is 343 g/mol. The van der Waals surface area contributed by atoms with Gasteiger partial charge in [-0.05, 0) is 37.5 Å². The van der Waals surface area contributed by atoms with E-state index in [1.165, 1.54) is 6.92 Å². The number of esters is 1. The van der Waals surface area contributed by atoms with E-state index in [2.05, 4.69) is 0 Å². The third-order valence-corrected chi connectivity index (χ3v) is 4.07. The number of rotatable bonds is 2. The highest BCUT2D eigenvalue weighted by Gasteiger charge is 2.43. The van der Waals surface area contributed by atoms with Crippen LogP contribution in [0, 0.1) is 5.82 Å². The minimum absolute atomic E-state index is 0.00334. The van der Waals surface area contributed by atoms with Gasteiger partial charge in [0.2, 0.25) is 5.43 Å². The summed E-state index contributed by atoms with van der Waals surface area (Å²) in [4.78, 5) is 24.3. The lowest BCUT2D eigenvalue weighted by molar-refractivity contribution is -0.169. The zero-order valence-corrected chi connectivity index (χ0v) is 12.6. The SMILES string of the molecule is CCOC(=O)c1cn2c3c(cc(F)cc3c1=O)CCC2C(F)(F)F. The monoisotopic (exact) mass is 343 g/mol. The van der Waals surface area contributed by atoms with Crippen LogP contribution < -0.4 is 5.43 Å². The Bertz CT molecular complexity index is 885. The maximum atomic E-state index is 13.7. The number of benzene rings is 1. The Balaban J connectivity index is 2.38. The number of aryl methyl sites for hydroxylation is 1. The van der Waals surface area contributed by atoms with Crippen LogP contribution >= 0.6 is 0 Å². The number of carbonyl (C=O) groups excluding carboxylic acids is 1. The molecule has 128 valence electrons. The Morgan fingerprint density at radius 2 is 2.08 bits per heavy atom. The van der Waals surface area contributed by atoms with Crippen molar-refractivity contribution >= 4 is 16.9 Å². The van der Waals surface area contributed by atoms with Gasteiger partial charge in [0.15, 0.2) is 0 Å². The molecule has 1 aromatic carbocycles. The van der Waals surface area contributed by atoms with Crippen LogP contribution in [0.25, 0.3) is 10.9 Å². The molecule has 4 nitrogen and oxygen atoms in total. The van der Waals surface area contributed by atoms with Crippen molar-refractivity contribution < 1.29 is 27.1 Å². The van der Waals surface area contributed by atoms with E-state index in [1.54, 1.807) is 0 Å². The Morgan fingerprint density at radius 3 is 2.71 bits per heavy atom. The van der Waals surface area contributed by atoms with Crippen molar-refractivity contribution in [2.75, 3.05) is 6.61 Å². The van der Waals surface area contributed by atoms with Crippen LogP contribution in [0.5, 0.6) is 0 Å². The second kappa shape index (κ2) is 5.61. The summed E-state index contributed by atoms with van der Waals surface area (Å²) >= 11 is 0. The van der Waals surface area contributed by atoms with Gasteiger partial charge in [0, 0.05) is 11.6 Å². The van der Waals surface area contributed by atoms with Crippen molar-refractivity contribution in [2.45, 2.75) is 32.0 Å². The Labute approximate surface area is 133 Å². The third kappa shape index (κ3) is 2.55. The fourth-order valence-corrected chi connectivity index (χ4v) is 3.08. The third-order valence-electron chi connectivity index (χ3n) is 4.07. The van der Waals surface area contributed by atoms with Gasteiger partial charge in [-0.3, -0.25) is 4.79 Å². The van der Waals surface area contributed by atoms with E-state index in [9.17, 15) is 27.2 Å². The topological polar surface area (TPSA) is 48.3 Å². The van der Waals surface area contributed by atoms with Gasteiger partial charge >= 0.3 is 12.1 Å². The maximum absolute atomic E-state index is 13.7. The van der Waals surface area contributed by atoms with Gasteiger partial charge in [0.25, 0.3) is 0 Å². The lowest BCUT2D eigenvalue weighted by Crippen LogP contribution is -2.33. The normalized spacial score (nSPS) is 17.1. The van der Waals surface area contributed by atoms with Crippen LogP contribution in [0.4, 0.5) is 17.6 Å². The molecule has 1 aliphatic rings. The summed E-state index contributed by atoms with van der Waals surface area (Å²) in [5.74, 6) is -1.75. The highest BCUT2D eigenvalue weighted by Crippen LogP contribution is 2.40. The summed E-state index contributed by atoms with van der Waals surface area (Å²) in [5, 5.41) is -0.246. The van der Waals surface area contributed by atoms with Crippen LogP contribution in [-0.4, -0.2) is 23.3 Å². The first-order chi connectivity index (χ1) is 11.2. The highest BCUT2D eigenvalue weighted by molar-refractivity contribution is 5.94. The number of ether oxygens (including phenoxy) is 1. The van der Waals surface area contributed by atoms with Gasteiger partial charge in [-0.15, -0.1) is 0 Å². The molecule has 0 N–H and O–H groups in total. The van der Waals surface area contributed by atoms with Gasteiger partial charge in [0.05, 0.1) is 12.1 Å². The first-order valence-electron chi connectivity index (χ1n) is 7.35. The number of halogens is 4. The molecular weight excluding hydrogens is 330 g/mol. The van der Waals surface area contributed by atoms with Gasteiger partial charge in [0.1, 0.15) is 17.4 Å². The predicted molar refractivity (Wildman–Crippen MR) is 77.5 cm³/mol. The zero-order chi connectivity index (χ0) is 17.6. The molecule has 0 fully saturated rings. The maximum Gasteiger partial charge on any atom is 0.409 e. The van der Waals surface area contributed by atoms with Crippen molar-refractivity contribution in [2.24, 2.45) is 0 Å². The quantitative estimate of drug-likeness (QED) is 0.620. The minimum Gasteiger partial charge on any atom is -0.462 e. The summed E-state index contributed by atoms with van der Waals surface area (Å²) in [5.41, 5.74) is -1.03. The molecule has 1 aromatic heterocycles. The number of aromatic nitrogens is 1. The molecule has 1 atom stereocenters. The number of hydrogen-bond donors (Lipinski definition) is 0. The smallest absolute Gasteiger partial charge is 0.409 e. The molecule has 0 saturated heterocycles. The number of alkyl halides is 3. The van der Waals surface area contributed by atoms with E-state index in [1.807, 2.05) is 0 Å². The zero-order valence-electron chi connectivity index (χ0n) is 12.6. The lowest BCUT2D eigenvalue weighted by atomic mass is 9.95. The van der Waals surface area contributed by atoms with Crippen molar-refractivity contribution in [3.63, 3.8) is 0 Å². The molecule has 1 aliphatic heterocycles. The van der Waals surface area contributed by atoms with E-state index in [0.717, 1.165) is 22.9 Å². The van der Waals surface area contributed by atoms with Gasteiger partial charge < -0.3 is 9.30 Å². The molecule has 1 unspecified atom stereocenters. The molecule has 2 heterocycles. The second-order valence-corrected chi connectivity index (χ2v) is 5.56. The molecule has 0 bridgehead atoms. The largest absolute Gasteiger partial charge is 0.462 e. The van der Waals surface area contributed by atoms with Crippen molar-refractivity contribution in [1.82, 2.24) is 4.57 Å². The predicted octanol–water partition coefficient (Wildman–Crippen LogP) is 3.37. The fraction of sp³-hybridized carbons (Fsp3) is 0.375. The van der Waals surface area contributed by atoms with Crippen molar-refractivity contribution in [3.05, 3.63) is 45.5 Å². The molecule has 0 radical (unpaired) electrons. The standard InChI is InChI=1S/C16H13F4NO3/c1-2-24-15(23)11-7-21-12(16(18,19)20)4-3-8-5-9(17)6-10(13(8)21)14(11)22/h5-7,12H,2-4H2,1H3. The molecule has 0 aliphatic carbocycles. The Hall–Kier alpha value is -2.38. The molecule has 0 saturated carbocycles. The fourth-order valence-electron chi connectivity index (χ4n) is 3.08. The lowest BCUT2D eigenvalue weighted by Gasteiger charge is -2.30.